The van der Waals surface area contributed by atoms with Crippen LogP contribution < -0.4 is 0 Å². The molecule has 1 heterocycles. The van der Waals surface area contributed by atoms with E-state index < -0.39 is 5.97 Å². The molecule has 0 amide bonds. The van der Waals surface area contributed by atoms with Gasteiger partial charge in [0.2, 0.25) is 0 Å². The molecule has 1 aromatic rings. The molecular formula is C11H16N2O3. The van der Waals surface area contributed by atoms with Crippen molar-refractivity contribution in [2.45, 2.75) is 32.8 Å². The van der Waals surface area contributed by atoms with Crippen molar-refractivity contribution in [3.05, 3.63) is 23.3 Å². The van der Waals surface area contributed by atoms with E-state index in [2.05, 4.69) is 9.97 Å². The number of carboxylic acid groups (broad SMARTS) is 1. The summed E-state index contributed by atoms with van der Waals surface area (Å²) in [5.41, 5.74) is 0.713. The lowest BCUT2D eigenvalue weighted by Gasteiger charge is -2.12. The maximum Gasteiger partial charge on any atom is 0.339 e. The number of aryl methyl sites for hydroxylation is 1. The molecule has 0 radical (unpaired) electrons. The predicted molar refractivity (Wildman–Crippen MR) is 58.4 cm³/mol. The monoisotopic (exact) mass is 224 g/mol. The molecule has 1 atom stereocenters. The highest BCUT2D eigenvalue weighted by Gasteiger charge is 2.16. The van der Waals surface area contributed by atoms with Gasteiger partial charge >= 0.3 is 5.97 Å². The number of nitrogens with zero attached hydrogens (tertiary/aromatic N) is 2. The van der Waals surface area contributed by atoms with Crippen LogP contribution in [0.15, 0.2) is 6.20 Å². The van der Waals surface area contributed by atoms with Crippen molar-refractivity contribution >= 4 is 5.97 Å². The number of hydrogen-bond donors (Lipinski definition) is 1. The molecule has 0 aliphatic rings. The topological polar surface area (TPSA) is 72.3 Å². The summed E-state index contributed by atoms with van der Waals surface area (Å²) in [5, 5.41) is 8.93. The van der Waals surface area contributed by atoms with Crippen LogP contribution in [0.5, 0.6) is 0 Å². The van der Waals surface area contributed by atoms with Crippen LogP contribution in [-0.4, -0.2) is 28.2 Å². The Labute approximate surface area is 94.5 Å². The van der Waals surface area contributed by atoms with Gasteiger partial charge in [0.25, 0.3) is 0 Å². The van der Waals surface area contributed by atoms with Crippen LogP contribution in [0.4, 0.5) is 0 Å². The molecule has 5 heteroatoms. The van der Waals surface area contributed by atoms with Crippen LogP contribution in [-0.2, 0) is 11.2 Å². The van der Waals surface area contributed by atoms with Crippen molar-refractivity contribution < 1.29 is 14.6 Å². The van der Waals surface area contributed by atoms with Gasteiger partial charge in [-0.1, -0.05) is 13.8 Å². The highest BCUT2D eigenvalue weighted by Crippen LogP contribution is 2.17. The van der Waals surface area contributed by atoms with Gasteiger partial charge < -0.3 is 9.84 Å². The third-order valence-corrected chi connectivity index (χ3v) is 2.39. The Kier molecular flexibility index (Phi) is 4.37. The van der Waals surface area contributed by atoms with Crippen molar-refractivity contribution in [3.8, 4) is 0 Å². The molecule has 1 N–H and O–H groups in total. The number of rotatable bonds is 5. The van der Waals surface area contributed by atoms with Gasteiger partial charge in [-0.2, -0.15) is 0 Å². The van der Waals surface area contributed by atoms with Gasteiger partial charge in [0.05, 0.1) is 11.3 Å². The first-order chi connectivity index (χ1) is 7.63. The van der Waals surface area contributed by atoms with Gasteiger partial charge in [-0.3, -0.25) is 0 Å². The lowest BCUT2D eigenvalue weighted by Crippen LogP contribution is -2.12. The SMILES string of the molecule is CCc1nc(C(CC)OC)ncc1C(=O)O. The summed E-state index contributed by atoms with van der Waals surface area (Å²) in [6.45, 7) is 3.83. The Bertz CT molecular complexity index is 375. The van der Waals surface area contributed by atoms with Gasteiger partial charge in [0, 0.05) is 13.3 Å². The van der Waals surface area contributed by atoms with Crippen LogP contribution in [0.1, 0.15) is 48.2 Å². The molecule has 1 rings (SSSR count). The number of ether oxygens (including phenoxy) is 1. The lowest BCUT2D eigenvalue weighted by molar-refractivity contribution is 0.0692. The van der Waals surface area contributed by atoms with E-state index in [9.17, 15) is 4.79 Å². The molecule has 0 aromatic carbocycles. The summed E-state index contributed by atoms with van der Waals surface area (Å²) in [6, 6.07) is 0. The Morgan fingerprint density at radius 1 is 1.56 bits per heavy atom. The van der Waals surface area contributed by atoms with Crippen LogP contribution in [0, 0.1) is 0 Å². The van der Waals surface area contributed by atoms with Crippen LogP contribution in [0.3, 0.4) is 0 Å². The zero-order chi connectivity index (χ0) is 12.1. The van der Waals surface area contributed by atoms with E-state index in [0.29, 0.717) is 17.9 Å². The fourth-order valence-electron chi connectivity index (χ4n) is 1.49. The van der Waals surface area contributed by atoms with Crippen molar-refractivity contribution in [2.24, 2.45) is 0 Å². The maximum absolute atomic E-state index is 10.9. The predicted octanol–water partition coefficient (Wildman–Crippen LogP) is 1.83. The molecule has 1 unspecified atom stereocenters. The standard InChI is InChI=1S/C11H16N2O3/c1-4-8-7(11(14)15)6-12-10(13-8)9(5-2)16-3/h6,9H,4-5H2,1-3H3,(H,14,15). The first-order valence-corrected chi connectivity index (χ1v) is 5.25. The molecule has 0 saturated heterocycles. The summed E-state index contributed by atoms with van der Waals surface area (Å²) in [5.74, 6) is -0.444. The van der Waals surface area contributed by atoms with Crippen LogP contribution >= 0.6 is 0 Å². The van der Waals surface area contributed by atoms with Crippen molar-refractivity contribution in [1.82, 2.24) is 9.97 Å². The second-order valence-corrected chi connectivity index (χ2v) is 3.38. The molecule has 88 valence electrons. The molecule has 0 aliphatic carbocycles. The number of carbonyl (C=O) groups is 1. The van der Waals surface area contributed by atoms with Gasteiger partial charge in [0.1, 0.15) is 6.10 Å². The minimum atomic E-state index is -0.992. The average molecular weight is 224 g/mol. The Balaban J connectivity index is 3.12. The summed E-state index contributed by atoms with van der Waals surface area (Å²) in [4.78, 5) is 19.2. The summed E-state index contributed by atoms with van der Waals surface area (Å²) in [6.07, 6.45) is 2.50. The second-order valence-electron chi connectivity index (χ2n) is 3.38. The van der Waals surface area contributed by atoms with E-state index in [1.807, 2.05) is 13.8 Å². The van der Waals surface area contributed by atoms with E-state index in [4.69, 9.17) is 9.84 Å². The Morgan fingerprint density at radius 2 is 2.25 bits per heavy atom. The summed E-state index contributed by atoms with van der Waals surface area (Å²) < 4.78 is 5.21. The average Bonchev–Trinajstić information content (AvgIpc) is 2.30. The molecule has 16 heavy (non-hydrogen) atoms. The quantitative estimate of drug-likeness (QED) is 0.826. The lowest BCUT2D eigenvalue weighted by atomic mass is 10.1. The summed E-state index contributed by atoms with van der Waals surface area (Å²) >= 11 is 0. The second kappa shape index (κ2) is 5.55. The van der Waals surface area contributed by atoms with E-state index in [0.717, 1.165) is 6.42 Å². The zero-order valence-electron chi connectivity index (χ0n) is 9.73. The third kappa shape index (κ3) is 2.55. The maximum atomic E-state index is 10.9. The van der Waals surface area contributed by atoms with E-state index in [1.54, 1.807) is 7.11 Å². The molecule has 0 aliphatic heterocycles. The van der Waals surface area contributed by atoms with Gasteiger partial charge in [0.15, 0.2) is 5.82 Å². The zero-order valence-corrected chi connectivity index (χ0v) is 9.73. The first kappa shape index (κ1) is 12.6. The fourth-order valence-corrected chi connectivity index (χ4v) is 1.49. The number of aromatic carboxylic acids is 1. The Morgan fingerprint density at radius 3 is 2.69 bits per heavy atom. The van der Waals surface area contributed by atoms with E-state index in [-0.39, 0.29) is 11.7 Å². The minimum absolute atomic E-state index is 0.164. The summed E-state index contributed by atoms with van der Waals surface area (Å²) in [7, 11) is 1.59. The number of aromatic nitrogens is 2. The van der Waals surface area contributed by atoms with Crippen molar-refractivity contribution in [3.63, 3.8) is 0 Å². The first-order valence-electron chi connectivity index (χ1n) is 5.25. The van der Waals surface area contributed by atoms with Crippen molar-refractivity contribution in [2.75, 3.05) is 7.11 Å². The highest BCUT2D eigenvalue weighted by molar-refractivity contribution is 5.88. The highest BCUT2D eigenvalue weighted by atomic mass is 16.5. The molecule has 0 fully saturated rings. The number of hydrogen-bond acceptors (Lipinski definition) is 4. The third-order valence-electron chi connectivity index (χ3n) is 2.39. The molecule has 5 nitrogen and oxygen atoms in total. The van der Waals surface area contributed by atoms with Gasteiger partial charge in [-0.05, 0) is 12.8 Å². The normalized spacial score (nSPS) is 12.4. The van der Waals surface area contributed by atoms with Crippen LogP contribution in [0.25, 0.3) is 0 Å². The molecule has 1 aromatic heterocycles. The number of carboxylic acids is 1. The fraction of sp³-hybridized carbons (Fsp3) is 0.545. The molecule has 0 bridgehead atoms. The van der Waals surface area contributed by atoms with E-state index in [1.165, 1.54) is 6.20 Å². The van der Waals surface area contributed by atoms with Crippen molar-refractivity contribution in [1.29, 1.82) is 0 Å². The van der Waals surface area contributed by atoms with Crippen LogP contribution in [0.2, 0.25) is 0 Å². The largest absolute Gasteiger partial charge is 0.478 e. The van der Waals surface area contributed by atoms with Gasteiger partial charge in [-0.15, -0.1) is 0 Å². The smallest absolute Gasteiger partial charge is 0.339 e. The Hall–Kier alpha value is -1.49. The molecule has 0 saturated carbocycles. The molecule has 0 spiro atoms. The number of methoxy groups -OCH3 is 1. The van der Waals surface area contributed by atoms with Gasteiger partial charge in [-0.25, -0.2) is 14.8 Å². The molecular weight excluding hydrogens is 208 g/mol. The van der Waals surface area contributed by atoms with E-state index >= 15 is 0 Å². The minimum Gasteiger partial charge on any atom is -0.478 e.